The van der Waals surface area contributed by atoms with Crippen molar-refractivity contribution in [2.45, 2.75) is 32.7 Å². The highest BCUT2D eigenvalue weighted by Crippen LogP contribution is 2.29. The van der Waals surface area contributed by atoms with E-state index in [1.165, 1.54) is 12.8 Å². The van der Waals surface area contributed by atoms with Crippen molar-refractivity contribution in [2.24, 2.45) is 5.92 Å². The van der Waals surface area contributed by atoms with Crippen LogP contribution < -0.4 is 10.6 Å². The van der Waals surface area contributed by atoms with E-state index in [2.05, 4.69) is 24.8 Å². The summed E-state index contributed by atoms with van der Waals surface area (Å²) < 4.78 is 0. The average molecular weight is 229 g/mol. The highest BCUT2D eigenvalue weighted by Gasteiger charge is 2.24. The van der Waals surface area contributed by atoms with E-state index in [4.69, 9.17) is 11.0 Å². The molecule has 1 aliphatic rings. The molecule has 1 aliphatic heterocycles. The predicted octanol–water partition coefficient (Wildman–Crippen LogP) is 2.77. The van der Waals surface area contributed by atoms with Crippen LogP contribution in [0.15, 0.2) is 18.2 Å². The lowest BCUT2D eigenvalue weighted by molar-refractivity contribution is 0.363. The monoisotopic (exact) mass is 229 g/mol. The van der Waals surface area contributed by atoms with E-state index in [1.807, 2.05) is 18.2 Å². The molecule has 0 spiro atoms. The zero-order valence-corrected chi connectivity index (χ0v) is 10.5. The number of nitrogens with two attached hydrogens (primary N) is 1. The summed E-state index contributed by atoms with van der Waals surface area (Å²) in [5.74, 6) is 0.701. The molecule has 3 heteroatoms. The molecule has 1 heterocycles. The van der Waals surface area contributed by atoms with Gasteiger partial charge in [0.15, 0.2) is 0 Å². The van der Waals surface area contributed by atoms with Crippen molar-refractivity contribution in [1.82, 2.24) is 0 Å². The van der Waals surface area contributed by atoms with Gasteiger partial charge in [-0.2, -0.15) is 5.26 Å². The van der Waals surface area contributed by atoms with Crippen molar-refractivity contribution in [2.75, 3.05) is 17.2 Å². The Labute approximate surface area is 103 Å². The number of nitrogens with zero attached hydrogens (tertiary/aromatic N) is 2. The highest BCUT2D eigenvalue weighted by molar-refractivity contribution is 5.63. The summed E-state index contributed by atoms with van der Waals surface area (Å²) >= 11 is 0. The third kappa shape index (κ3) is 2.21. The number of nitrogen functional groups attached to an aromatic ring is 1. The van der Waals surface area contributed by atoms with Crippen LogP contribution in [0.5, 0.6) is 0 Å². The normalized spacial score (nSPS) is 24.4. The molecule has 2 N–H and O–H groups in total. The van der Waals surface area contributed by atoms with Crippen molar-refractivity contribution in [1.29, 1.82) is 5.26 Å². The van der Waals surface area contributed by atoms with E-state index < -0.39 is 0 Å². The van der Waals surface area contributed by atoms with Gasteiger partial charge >= 0.3 is 0 Å². The molecule has 0 aliphatic carbocycles. The maximum absolute atomic E-state index is 9.01. The zero-order chi connectivity index (χ0) is 12.4. The topological polar surface area (TPSA) is 53.0 Å². The van der Waals surface area contributed by atoms with E-state index >= 15 is 0 Å². The minimum absolute atomic E-state index is 0.527. The summed E-state index contributed by atoms with van der Waals surface area (Å²) in [6, 6.07) is 8.43. The van der Waals surface area contributed by atoms with Crippen molar-refractivity contribution < 1.29 is 0 Å². The fourth-order valence-corrected chi connectivity index (χ4v) is 2.52. The highest BCUT2D eigenvalue weighted by atomic mass is 15.2. The third-order valence-electron chi connectivity index (χ3n) is 3.86. The quantitative estimate of drug-likeness (QED) is 0.753. The first-order valence-corrected chi connectivity index (χ1v) is 6.19. The lowest BCUT2D eigenvalue weighted by Gasteiger charge is -2.39. The average Bonchev–Trinajstić information content (AvgIpc) is 2.34. The maximum atomic E-state index is 9.01. The van der Waals surface area contributed by atoms with Crippen molar-refractivity contribution in [3.05, 3.63) is 23.8 Å². The van der Waals surface area contributed by atoms with E-state index in [9.17, 15) is 0 Å². The fourth-order valence-electron chi connectivity index (χ4n) is 2.52. The fraction of sp³-hybridized carbons (Fsp3) is 0.500. The largest absolute Gasteiger partial charge is 0.398 e. The Morgan fingerprint density at radius 3 is 2.88 bits per heavy atom. The minimum atomic E-state index is 0.527. The van der Waals surface area contributed by atoms with Gasteiger partial charge in [-0.15, -0.1) is 0 Å². The van der Waals surface area contributed by atoms with Gasteiger partial charge in [-0.3, -0.25) is 0 Å². The lowest BCUT2D eigenvalue weighted by atomic mass is 9.91. The SMILES string of the molecule is CC1CCCN(c2ccc(N)c(C#N)c2)C1C. The molecule has 1 aromatic rings. The van der Waals surface area contributed by atoms with E-state index in [-0.39, 0.29) is 0 Å². The number of nitriles is 1. The molecule has 0 bridgehead atoms. The summed E-state index contributed by atoms with van der Waals surface area (Å²) in [5.41, 5.74) is 8.01. The van der Waals surface area contributed by atoms with Gasteiger partial charge in [0.2, 0.25) is 0 Å². The molecular weight excluding hydrogens is 210 g/mol. The molecule has 3 nitrogen and oxygen atoms in total. The van der Waals surface area contributed by atoms with Crippen molar-refractivity contribution >= 4 is 11.4 Å². The Balaban J connectivity index is 2.31. The lowest BCUT2D eigenvalue weighted by Crippen LogP contribution is -2.42. The second-order valence-corrected chi connectivity index (χ2v) is 4.94. The summed E-state index contributed by atoms with van der Waals surface area (Å²) in [6.07, 6.45) is 2.51. The Hall–Kier alpha value is -1.69. The zero-order valence-electron chi connectivity index (χ0n) is 10.5. The predicted molar refractivity (Wildman–Crippen MR) is 70.8 cm³/mol. The van der Waals surface area contributed by atoms with Crippen LogP contribution in [0.3, 0.4) is 0 Å². The van der Waals surface area contributed by atoms with Crippen LogP contribution >= 0.6 is 0 Å². The van der Waals surface area contributed by atoms with Crippen LogP contribution in [0, 0.1) is 17.2 Å². The Morgan fingerprint density at radius 2 is 2.18 bits per heavy atom. The van der Waals surface area contributed by atoms with Gasteiger partial charge in [0, 0.05) is 24.0 Å². The van der Waals surface area contributed by atoms with E-state index in [0.717, 1.165) is 12.2 Å². The van der Waals surface area contributed by atoms with Gasteiger partial charge in [0.1, 0.15) is 6.07 Å². The molecule has 1 fully saturated rings. The van der Waals surface area contributed by atoms with E-state index in [0.29, 0.717) is 23.2 Å². The van der Waals surface area contributed by atoms with Gasteiger partial charge in [0.25, 0.3) is 0 Å². The van der Waals surface area contributed by atoms with Crippen molar-refractivity contribution in [3.8, 4) is 6.07 Å². The second-order valence-electron chi connectivity index (χ2n) is 4.94. The van der Waals surface area contributed by atoms with Gasteiger partial charge in [-0.25, -0.2) is 0 Å². The first-order chi connectivity index (χ1) is 8.13. The van der Waals surface area contributed by atoms with Gasteiger partial charge in [-0.1, -0.05) is 6.92 Å². The Bertz CT molecular complexity index is 447. The first kappa shape index (κ1) is 11.8. The van der Waals surface area contributed by atoms with Gasteiger partial charge in [0.05, 0.1) is 5.56 Å². The smallest absolute Gasteiger partial charge is 0.101 e. The summed E-state index contributed by atoms with van der Waals surface area (Å²) in [6.45, 7) is 5.62. The molecule has 1 saturated heterocycles. The number of piperidine rings is 1. The maximum Gasteiger partial charge on any atom is 0.101 e. The van der Waals surface area contributed by atoms with Crippen LogP contribution in [-0.2, 0) is 0 Å². The number of benzene rings is 1. The molecule has 1 aromatic carbocycles. The second kappa shape index (κ2) is 4.67. The molecule has 0 radical (unpaired) electrons. The van der Waals surface area contributed by atoms with Gasteiger partial charge < -0.3 is 10.6 Å². The summed E-state index contributed by atoms with van der Waals surface area (Å²) in [4.78, 5) is 2.38. The molecule has 0 saturated carbocycles. The third-order valence-corrected chi connectivity index (χ3v) is 3.86. The van der Waals surface area contributed by atoms with Crippen LogP contribution in [-0.4, -0.2) is 12.6 Å². The molecule has 0 amide bonds. The number of anilines is 2. The summed E-state index contributed by atoms with van der Waals surface area (Å²) in [7, 11) is 0. The van der Waals surface area contributed by atoms with Crippen LogP contribution in [0.1, 0.15) is 32.3 Å². The molecular formula is C14H19N3. The molecule has 2 unspecified atom stereocenters. The van der Waals surface area contributed by atoms with Gasteiger partial charge in [-0.05, 0) is 43.9 Å². The van der Waals surface area contributed by atoms with E-state index in [1.54, 1.807) is 0 Å². The van der Waals surface area contributed by atoms with Crippen LogP contribution in [0.25, 0.3) is 0 Å². The van der Waals surface area contributed by atoms with Crippen LogP contribution in [0.2, 0.25) is 0 Å². The Kier molecular flexibility index (Phi) is 3.23. The molecule has 17 heavy (non-hydrogen) atoms. The molecule has 90 valence electrons. The molecule has 2 atom stereocenters. The Morgan fingerprint density at radius 1 is 1.41 bits per heavy atom. The first-order valence-electron chi connectivity index (χ1n) is 6.19. The molecule has 2 rings (SSSR count). The molecule has 0 aromatic heterocycles. The number of hydrogen-bond acceptors (Lipinski definition) is 3. The standard InChI is InChI=1S/C14H19N3/c1-10-4-3-7-17(11(10)2)13-5-6-14(16)12(8-13)9-15/h5-6,8,10-11H,3-4,7,16H2,1-2H3. The van der Waals surface area contributed by atoms with Crippen molar-refractivity contribution in [3.63, 3.8) is 0 Å². The summed E-state index contributed by atoms with van der Waals surface area (Å²) in [5, 5.41) is 9.01. The minimum Gasteiger partial charge on any atom is -0.398 e. The van der Waals surface area contributed by atoms with Crippen LogP contribution in [0.4, 0.5) is 11.4 Å². The number of hydrogen-bond donors (Lipinski definition) is 1. The number of rotatable bonds is 1.